The van der Waals surface area contributed by atoms with Crippen LogP contribution in [0, 0.1) is 0 Å². The van der Waals surface area contributed by atoms with Crippen LogP contribution < -0.4 is 11.1 Å². The number of hydrogen-bond donors (Lipinski definition) is 2. The van der Waals surface area contributed by atoms with E-state index in [1.54, 1.807) is 23.1 Å². The number of carbonyl (C=O) groups is 1. The first-order valence-corrected chi connectivity index (χ1v) is 6.81. The minimum Gasteiger partial charge on any atom is -0.424 e. The molecule has 0 unspecified atom stereocenters. The van der Waals surface area contributed by atoms with Gasteiger partial charge in [-0.1, -0.05) is 0 Å². The quantitative estimate of drug-likeness (QED) is 0.789. The highest BCUT2D eigenvalue weighted by Crippen LogP contribution is 2.20. The van der Waals surface area contributed by atoms with E-state index >= 15 is 0 Å². The molecule has 0 saturated carbocycles. The number of nitrogen functional groups attached to an aromatic ring is 1. The summed E-state index contributed by atoms with van der Waals surface area (Å²) in [6, 6.07) is 5.72. The maximum absolute atomic E-state index is 11.8. The van der Waals surface area contributed by atoms with Gasteiger partial charge in [-0.15, -0.1) is 0 Å². The molecule has 2 rings (SSSR count). The van der Waals surface area contributed by atoms with Gasteiger partial charge < -0.3 is 20.4 Å². The van der Waals surface area contributed by atoms with Gasteiger partial charge in [0.2, 0.25) is 5.91 Å². The summed E-state index contributed by atoms with van der Waals surface area (Å²) >= 11 is 0. The highest BCUT2D eigenvalue weighted by atomic mass is 16.4. The monoisotopic (exact) mass is 276 g/mol. The fraction of sp³-hybridized carbons (Fsp3) is 0.429. The van der Waals surface area contributed by atoms with Crippen molar-refractivity contribution in [3.8, 4) is 0 Å². The number of hydrogen-bond acceptors (Lipinski definition) is 5. The topological polar surface area (TPSA) is 84.4 Å². The Kier molecular flexibility index (Phi) is 4.45. The first kappa shape index (κ1) is 14.2. The Labute approximate surface area is 117 Å². The highest BCUT2D eigenvalue weighted by molar-refractivity contribution is 5.78. The van der Waals surface area contributed by atoms with Crippen LogP contribution in [0.1, 0.15) is 20.3 Å². The van der Waals surface area contributed by atoms with Gasteiger partial charge in [0.1, 0.15) is 5.52 Å². The van der Waals surface area contributed by atoms with Gasteiger partial charge in [0.25, 0.3) is 6.01 Å². The number of benzene rings is 1. The van der Waals surface area contributed by atoms with Gasteiger partial charge in [-0.05, 0) is 32.0 Å². The first-order valence-electron chi connectivity index (χ1n) is 6.81. The average Bonchev–Trinajstić information content (AvgIpc) is 2.82. The fourth-order valence-electron chi connectivity index (χ4n) is 2.03. The van der Waals surface area contributed by atoms with Crippen molar-refractivity contribution in [3.05, 3.63) is 18.2 Å². The van der Waals surface area contributed by atoms with E-state index in [1.807, 2.05) is 13.8 Å². The third kappa shape index (κ3) is 3.20. The summed E-state index contributed by atoms with van der Waals surface area (Å²) in [7, 11) is 0. The van der Waals surface area contributed by atoms with E-state index in [0.29, 0.717) is 35.8 Å². The molecule has 1 aromatic heterocycles. The summed E-state index contributed by atoms with van der Waals surface area (Å²) in [6.07, 6.45) is 0.419. The fourth-order valence-corrected chi connectivity index (χ4v) is 2.03. The van der Waals surface area contributed by atoms with Gasteiger partial charge in [-0.2, -0.15) is 4.98 Å². The second-order valence-corrected chi connectivity index (χ2v) is 4.49. The van der Waals surface area contributed by atoms with Crippen LogP contribution in [0.15, 0.2) is 22.6 Å². The van der Waals surface area contributed by atoms with Crippen molar-refractivity contribution in [2.75, 3.05) is 30.7 Å². The summed E-state index contributed by atoms with van der Waals surface area (Å²) in [6.45, 7) is 5.91. The number of aromatic nitrogens is 1. The molecule has 0 bridgehead atoms. The van der Waals surface area contributed by atoms with Crippen LogP contribution in [0.5, 0.6) is 0 Å². The second kappa shape index (κ2) is 6.27. The van der Waals surface area contributed by atoms with Gasteiger partial charge in [0, 0.05) is 31.7 Å². The second-order valence-electron chi connectivity index (χ2n) is 4.49. The van der Waals surface area contributed by atoms with Crippen molar-refractivity contribution < 1.29 is 9.21 Å². The molecule has 2 aromatic rings. The lowest BCUT2D eigenvalue weighted by Gasteiger charge is -2.18. The SMILES string of the molecule is CCN(CC)C(=O)CCNc1nc2cc(N)ccc2o1. The largest absolute Gasteiger partial charge is 0.424 e. The van der Waals surface area contributed by atoms with Crippen molar-refractivity contribution >= 4 is 28.7 Å². The number of nitrogens with two attached hydrogens (primary N) is 1. The van der Waals surface area contributed by atoms with E-state index in [-0.39, 0.29) is 5.91 Å². The molecule has 20 heavy (non-hydrogen) atoms. The molecule has 0 aliphatic rings. The number of carbonyl (C=O) groups excluding carboxylic acids is 1. The zero-order valence-corrected chi connectivity index (χ0v) is 11.8. The molecule has 0 fully saturated rings. The maximum atomic E-state index is 11.8. The predicted molar refractivity (Wildman–Crippen MR) is 79.5 cm³/mol. The third-order valence-electron chi connectivity index (χ3n) is 3.14. The Bertz CT molecular complexity index is 590. The summed E-state index contributed by atoms with van der Waals surface area (Å²) < 4.78 is 5.52. The van der Waals surface area contributed by atoms with Crippen molar-refractivity contribution in [1.82, 2.24) is 9.88 Å². The standard InChI is InChI=1S/C14H20N4O2/c1-3-18(4-2)13(19)7-8-16-14-17-11-9-10(15)5-6-12(11)20-14/h5-6,9H,3-4,7-8,15H2,1-2H3,(H,16,17). The van der Waals surface area contributed by atoms with E-state index in [0.717, 1.165) is 13.1 Å². The molecule has 0 atom stereocenters. The highest BCUT2D eigenvalue weighted by Gasteiger charge is 2.10. The van der Waals surface area contributed by atoms with Crippen LogP contribution in [0.2, 0.25) is 0 Å². The summed E-state index contributed by atoms with van der Waals surface area (Å²) in [5.74, 6) is 0.128. The first-order chi connectivity index (χ1) is 9.63. The summed E-state index contributed by atoms with van der Waals surface area (Å²) in [5, 5.41) is 3.02. The van der Waals surface area contributed by atoms with Crippen LogP contribution in [0.4, 0.5) is 11.7 Å². The number of fused-ring (bicyclic) bond motifs is 1. The average molecular weight is 276 g/mol. The lowest BCUT2D eigenvalue weighted by Crippen LogP contribution is -2.31. The smallest absolute Gasteiger partial charge is 0.295 e. The zero-order chi connectivity index (χ0) is 14.5. The van der Waals surface area contributed by atoms with E-state index in [9.17, 15) is 4.79 Å². The number of nitrogens with zero attached hydrogens (tertiary/aromatic N) is 2. The van der Waals surface area contributed by atoms with Crippen molar-refractivity contribution in [2.24, 2.45) is 0 Å². The van der Waals surface area contributed by atoms with Gasteiger partial charge in [-0.3, -0.25) is 4.79 Å². The van der Waals surface area contributed by atoms with Crippen LogP contribution in [-0.2, 0) is 4.79 Å². The molecule has 0 spiro atoms. The van der Waals surface area contributed by atoms with E-state index in [4.69, 9.17) is 10.2 Å². The number of oxazole rings is 1. The number of anilines is 2. The molecule has 0 aliphatic carbocycles. The number of rotatable bonds is 6. The van der Waals surface area contributed by atoms with Gasteiger partial charge in [0.05, 0.1) is 0 Å². The van der Waals surface area contributed by atoms with Gasteiger partial charge in [-0.25, -0.2) is 0 Å². The third-order valence-corrected chi connectivity index (χ3v) is 3.14. The Hall–Kier alpha value is -2.24. The molecule has 3 N–H and O–H groups in total. The Balaban J connectivity index is 1.91. The lowest BCUT2D eigenvalue weighted by molar-refractivity contribution is -0.130. The molecule has 1 aromatic carbocycles. The van der Waals surface area contributed by atoms with E-state index < -0.39 is 0 Å². The zero-order valence-electron chi connectivity index (χ0n) is 11.8. The minimum atomic E-state index is 0.128. The predicted octanol–water partition coefficient (Wildman–Crippen LogP) is 2.08. The molecule has 0 saturated heterocycles. The Morgan fingerprint density at radius 2 is 2.15 bits per heavy atom. The molecular formula is C14H20N4O2. The molecule has 1 amide bonds. The maximum Gasteiger partial charge on any atom is 0.295 e. The molecule has 108 valence electrons. The Morgan fingerprint density at radius 3 is 2.85 bits per heavy atom. The van der Waals surface area contributed by atoms with Crippen molar-refractivity contribution in [2.45, 2.75) is 20.3 Å². The summed E-state index contributed by atoms with van der Waals surface area (Å²) in [5.41, 5.74) is 7.72. The molecule has 0 aliphatic heterocycles. The molecule has 0 radical (unpaired) electrons. The van der Waals surface area contributed by atoms with Crippen LogP contribution in [0.25, 0.3) is 11.1 Å². The van der Waals surface area contributed by atoms with Crippen molar-refractivity contribution in [3.63, 3.8) is 0 Å². The number of nitrogens with one attached hydrogen (secondary N) is 1. The van der Waals surface area contributed by atoms with E-state index in [2.05, 4.69) is 10.3 Å². The van der Waals surface area contributed by atoms with Gasteiger partial charge >= 0.3 is 0 Å². The van der Waals surface area contributed by atoms with E-state index in [1.165, 1.54) is 0 Å². The van der Waals surface area contributed by atoms with Crippen LogP contribution in [-0.4, -0.2) is 35.4 Å². The van der Waals surface area contributed by atoms with Crippen molar-refractivity contribution in [1.29, 1.82) is 0 Å². The normalized spacial score (nSPS) is 10.7. The Morgan fingerprint density at radius 1 is 1.40 bits per heavy atom. The molecule has 1 heterocycles. The van der Waals surface area contributed by atoms with Gasteiger partial charge in [0.15, 0.2) is 5.58 Å². The number of amides is 1. The molecule has 6 heteroatoms. The minimum absolute atomic E-state index is 0.128. The van der Waals surface area contributed by atoms with Crippen LogP contribution >= 0.6 is 0 Å². The molecule has 6 nitrogen and oxygen atoms in total. The lowest BCUT2D eigenvalue weighted by atomic mass is 10.3. The van der Waals surface area contributed by atoms with Crippen LogP contribution in [0.3, 0.4) is 0 Å². The molecular weight excluding hydrogens is 256 g/mol. The summed E-state index contributed by atoms with van der Waals surface area (Å²) in [4.78, 5) is 17.9.